The molecule has 2 unspecified atom stereocenters. The molecule has 0 aromatic carbocycles. The summed E-state index contributed by atoms with van der Waals surface area (Å²) in [6.45, 7) is 3.20. The molecule has 2 N–H and O–H groups in total. The van der Waals surface area contributed by atoms with E-state index < -0.39 is 5.56 Å². The van der Waals surface area contributed by atoms with E-state index in [4.69, 9.17) is 22.0 Å². The number of rotatable bonds is 7. The van der Waals surface area contributed by atoms with E-state index in [0.29, 0.717) is 12.8 Å². The normalized spacial score (nSPS) is 15.1. The Hall–Kier alpha value is -0.400. The first-order valence-corrected chi connectivity index (χ1v) is 5.03. The van der Waals surface area contributed by atoms with E-state index in [0.717, 1.165) is 0 Å². The molecule has 0 aromatic heterocycles. The van der Waals surface area contributed by atoms with Crippen LogP contribution in [0.25, 0.3) is 0 Å². The minimum absolute atomic E-state index is 0.224. The maximum atomic E-state index is 11.0. The highest BCUT2D eigenvalue weighted by molar-refractivity contribution is 6.19. The zero-order chi connectivity index (χ0) is 11.8. The van der Waals surface area contributed by atoms with Crippen molar-refractivity contribution in [3.63, 3.8) is 0 Å². The lowest BCUT2D eigenvalue weighted by molar-refractivity contribution is -0.503. The zero-order valence-corrected chi connectivity index (χ0v) is 9.48. The Morgan fingerprint density at radius 3 is 2.53 bits per heavy atom. The highest BCUT2D eigenvalue weighted by Gasteiger charge is 2.10. The fourth-order valence-corrected chi connectivity index (χ4v) is 1.09. The minimum Gasteiger partial charge on any atom is -0.446 e. The van der Waals surface area contributed by atoms with Crippen molar-refractivity contribution in [1.82, 2.24) is 5.39 Å². The van der Waals surface area contributed by atoms with Gasteiger partial charge in [-0.15, -0.1) is 0 Å². The molecule has 0 spiro atoms. The van der Waals surface area contributed by atoms with Gasteiger partial charge in [-0.05, 0) is 26.7 Å². The van der Waals surface area contributed by atoms with Gasteiger partial charge in [0.15, 0.2) is 5.56 Å². The van der Waals surface area contributed by atoms with Crippen molar-refractivity contribution in [2.75, 3.05) is 0 Å². The highest BCUT2D eigenvalue weighted by Crippen LogP contribution is 2.07. The van der Waals surface area contributed by atoms with Crippen LogP contribution in [-0.4, -0.2) is 33.4 Å². The predicted octanol–water partition coefficient (Wildman–Crippen LogP) is 1.69. The molecule has 0 saturated carbocycles. The Morgan fingerprint density at radius 1 is 1.47 bits per heavy atom. The van der Waals surface area contributed by atoms with Gasteiger partial charge in [0, 0.05) is 6.42 Å². The lowest BCUT2D eigenvalue weighted by Crippen LogP contribution is -2.22. The maximum Gasteiger partial charge on any atom is 0.307 e. The van der Waals surface area contributed by atoms with Crippen LogP contribution in [0.3, 0.4) is 0 Å². The molecular formula is C8H16ClNO5. The molecule has 0 heterocycles. The Bertz CT molecular complexity index is 188. The van der Waals surface area contributed by atoms with Crippen LogP contribution in [0, 0.1) is 0 Å². The van der Waals surface area contributed by atoms with Crippen LogP contribution in [0.4, 0.5) is 0 Å². The van der Waals surface area contributed by atoms with Crippen molar-refractivity contribution in [2.24, 2.45) is 0 Å². The first-order chi connectivity index (χ1) is 6.91. The van der Waals surface area contributed by atoms with Gasteiger partial charge in [-0.2, -0.15) is 0 Å². The molecule has 0 rings (SSSR count). The molecule has 0 amide bonds. The number of hydrogen-bond donors (Lipinski definition) is 2. The summed E-state index contributed by atoms with van der Waals surface area (Å²) in [6, 6.07) is 0. The van der Waals surface area contributed by atoms with Gasteiger partial charge in [-0.25, -0.2) is 4.84 Å². The summed E-state index contributed by atoms with van der Waals surface area (Å²) in [6.07, 6.45) is 0.865. The molecule has 0 aliphatic rings. The van der Waals surface area contributed by atoms with Crippen molar-refractivity contribution in [3.8, 4) is 0 Å². The molecule has 90 valence electrons. The SMILES string of the molecule is CC(Cl)OC(=O)CCCC(C)ON(O)O. The molecular weight excluding hydrogens is 226 g/mol. The molecule has 7 heteroatoms. The van der Waals surface area contributed by atoms with Crippen LogP contribution in [0.1, 0.15) is 33.1 Å². The molecule has 0 aliphatic carbocycles. The number of carbonyl (C=O) groups excluding carboxylic acids is 1. The number of carbonyl (C=O) groups is 1. The third-order valence-electron chi connectivity index (χ3n) is 1.56. The van der Waals surface area contributed by atoms with Crippen molar-refractivity contribution in [1.29, 1.82) is 0 Å². The molecule has 0 radical (unpaired) electrons. The summed E-state index contributed by atoms with van der Waals surface area (Å²) in [5.74, 6) is -0.380. The van der Waals surface area contributed by atoms with E-state index >= 15 is 0 Å². The molecule has 0 fully saturated rings. The first-order valence-electron chi connectivity index (χ1n) is 4.60. The number of alkyl halides is 1. The third-order valence-corrected chi connectivity index (χ3v) is 1.65. The van der Waals surface area contributed by atoms with Gasteiger partial charge < -0.3 is 4.74 Å². The minimum atomic E-state index is -0.628. The van der Waals surface area contributed by atoms with E-state index in [-0.39, 0.29) is 23.9 Å². The van der Waals surface area contributed by atoms with E-state index in [1.165, 1.54) is 0 Å². The summed E-state index contributed by atoms with van der Waals surface area (Å²) in [7, 11) is 0. The Balaban J connectivity index is 3.48. The number of ether oxygens (including phenoxy) is 1. The van der Waals surface area contributed by atoms with Crippen molar-refractivity contribution in [3.05, 3.63) is 0 Å². The van der Waals surface area contributed by atoms with E-state index in [1.807, 2.05) is 0 Å². The van der Waals surface area contributed by atoms with Crippen LogP contribution in [-0.2, 0) is 14.4 Å². The average Bonchev–Trinajstić information content (AvgIpc) is 2.00. The number of nitrogens with zero attached hydrogens (tertiary/aromatic N) is 1. The number of hydrogen-bond acceptors (Lipinski definition) is 6. The highest BCUT2D eigenvalue weighted by atomic mass is 35.5. The van der Waals surface area contributed by atoms with Crippen molar-refractivity contribution >= 4 is 17.6 Å². The predicted molar refractivity (Wildman–Crippen MR) is 51.2 cm³/mol. The number of esters is 1. The van der Waals surface area contributed by atoms with Gasteiger partial charge in [0.25, 0.3) is 0 Å². The quantitative estimate of drug-likeness (QED) is 0.401. The molecule has 15 heavy (non-hydrogen) atoms. The molecule has 0 bridgehead atoms. The van der Waals surface area contributed by atoms with Gasteiger partial charge in [-0.1, -0.05) is 11.6 Å². The molecule has 0 aromatic rings. The Kier molecular flexibility index (Phi) is 7.63. The molecule has 0 aliphatic heterocycles. The Morgan fingerprint density at radius 2 is 2.07 bits per heavy atom. The van der Waals surface area contributed by atoms with Gasteiger partial charge in [0.05, 0.1) is 11.5 Å². The summed E-state index contributed by atoms with van der Waals surface area (Å²) >= 11 is 5.44. The van der Waals surface area contributed by atoms with Crippen LogP contribution in [0.5, 0.6) is 0 Å². The average molecular weight is 242 g/mol. The molecule has 0 saturated heterocycles. The lowest BCUT2D eigenvalue weighted by atomic mass is 10.2. The third kappa shape index (κ3) is 9.89. The largest absolute Gasteiger partial charge is 0.446 e. The summed E-state index contributed by atoms with van der Waals surface area (Å²) in [4.78, 5) is 15.5. The van der Waals surface area contributed by atoms with E-state index in [9.17, 15) is 4.79 Å². The summed E-state index contributed by atoms with van der Waals surface area (Å²) in [5.41, 5.74) is -0.628. The van der Waals surface area contributed by atoms with Crippen LogP contribution >= 0.6 is 11.6 Å². The fourth-order valence-electron chi connectivity index (χ4n) is 0.988. The van der Waals surface area contributed by atoms with Gasteiger partial charge in [0.1, 0.15) is 0 Å². The Labute approximate surface area is 93.2 Å². The second-order valence-electron chi connectivity index (χ2n) is 3.09. The van der Waals surface area contributed by atoms with Crippen LogP contribution < -0.4 is 0 Å². The second-order valence-corrected chi connectivity index (χ2v) is 3.71. The monoisotopic (exact) mass is 241 g/mol. The first kappa shape index (κ1) is 14.6. The summed E-state index contributed by atoms with van der Waals surface area (Å²) < 4.78 is 4.69. The summed E-state index contributed by atoms with van der Waals surface area (Å²) in [5, 5.41) is 16.3. The number of halogens is 1. The lowest BCUT2D eigenvalue weighted by Gasteiger charge is -2.13. The van der Waals surface area contributed by atoms with Gasteiger partial charge >= 0.3 is 5.97 Å². The zero-order valence-electron chi connectivity index (χ0n) is 8.72. The smallest absolute Gasteiger partial charge is 0.307 e. The van der Waals surface area contributed by atoms with E-state index in [2.05, 4.69) is 9.57 Å². The van der Waals surface area contributed by atoms with Gasteiger partial charge in [-0.3, -0.25) is 15.2 Å². The second kappa shape index (κ2) is 7.84. The van der Waals surface area contributed by atoms with Gasteiger partial charge in [0.2, 0.25) is 0 Å². The topological polar surface area (TPSA) is 79.2 Å². The van der Waals surface area contributed by atoms with Crippen LogP contribution in [0.15, 0.2) is 0 Å². The fraction of sp³-hybridized carbons (Fsp3) is 0.875. The van der Waals surface area contributed by atoms with E-state index in [1.54, 1.807) is 13.8 Å². The molecule has 2 atom stereocenters. The standard InChI is InChI=1S/C8H16ClNO5/c1-6(15-10(12)13)4-3-5-8(11)14-7(2)9/h6-7,12-13H,3-5H2,1-2H3. The van der Waals surface area contributed by atoms with Crippen molar-refractivity contribution < 1.29 is 24.8 Å². The maximum absolute atomic E-state index is 11.0. The molecule has 6 nitrogen and oxygen atoms in total. The van der Waals surface area contributed by atoms with Crippen molar-refractivity contribution in [2.45, 2.75) is 44.8 Å². The van der Waals surface area contributed by atoms with Crippen LogP contribution in [0.2, 0.25) is 0 Å².